The number of carbonyl (C=O) groups is 1. The maximum absolute atomic E-state index is 12.2. The zero-order valence-corrected chi connectivity index (χ0v) is 14.7. The molecule has 1 N–H and O–H groups in total. The first-order valence-electron chi connectivity index (χ1n) is 7.10. The Labute approximate surface area is 150 Å². The summed E-state index contributed by atoms with van der Waals surface area (Å²) in [5, 5.41) is 7.99. The average molecular weight is 375 g/mol. The van der Waals surface area contributed by atoms with Crippen molar-refractivity contribution in [2.45, 2.75) is 6.42 Å². The molecule has 4 heterocycles. The number of rotatable bonds is 4. The van der Waals surface area contributed by atoms with E-state index < -0.39 is 0 Å². The van der Waals surface area contributed by atoms with E-state index in [-0.39, 0.29) is 12.3 Å². The van der Waals surface area contributed by atoms with Crippen LogP contribution >= 0.6 is 34.3 Å². The van der Waals surface area contributed by atoms with Gasteiger partial charge in [-0.15, -0.1) is 22.7 Å². The molecule has 0 saturated carbocycles. The van der Waals surface area contributed by atoms with Crippen LogP contribution < -0.4 is 5.32 Å². The maximum atomic E-state index is 12.2. The summed E-state index contributed by atoms with van der Waals surface area (Å²) >= 11 is 8.99. The molecule has 4 rings (SSSR count). The third-order valence-electron chi connectivity index (χ3n) is 3.33. The van der Waals surface area contributed by atoms with Gasteiger partial charge in [-0.25, -0.2) is 9.97 Å². The summed E-state index contributed by atoms with van der Waals surface area (Å²) < 4.78 is 1.81. The number of fused-ring (bicyclic) bond motifs is 1. The van der Waals surface area contributed by atoms with Crippen LogP contribution in [0, 0.1) is 0 Å². The number of carbonyl (C=O) groups excluding carboxylic acids is 1. The van der Waals surface area contributed by atoms with Crippen molar-refractivity contribution >= 4 is 51.0 Å². The molecule has 0 aromatic carbocycles. The van der Waals surface area contributed by atoms with Gasteiger partial charge in [0.25, 0.3) is 0 Å². The van der Waals surface area contributed by atoms with Crippen LogP contribution in [0.2, 0.25) is 5.02 Å². The minimum Gasteiger partial charge on any atom is -0.305 e. The first kappa shape index (κ1) is 15.3. The van der Waals surface area contributed by atoms with E-state index >= 15 is 0 Å². The van der Waals surface area contributed by atoms with Crippen molar-refractivity contribution in [3.05, 3.63) is 58.1 Å². The van der Waals surface area contributed by atoms with Crippen LogP contribution in [0.3, 0.4) is 0 Å². The molecule has 1 amide bonds. The summed E-state index contributed by atoms with van der Waals surface area (Å²) in [6.07, 6.45) is 3.76. The van der Waals surface area contributed by atoms with Gasteiger partial charge < -0.3 is 9.72 Å². The highest BCUT2D eigenvalue weighted by Crippen LogP contribution is 2.28. The zero-order chi connectivity index (χ0) is 16.5. The number of amides is 1. The van der Waals surface area contributed by atoms with Gasteiger partial charge in [0.2, 0.25) is 5.91 Å². The Morgan fingerprint density at radius 1 is 1.21 bits per heavy atom. The lowest BCUT2D eigenvalue weighted by atomic mass is 10.3. The predicted molar refractivity (Wildman–Crippen MR) is 98.0 cm³/mol. The van der Waals surface area contributed by atoms with E-state index in [1.54, 1.807) is 29.8 Å². The summed E-state index contributed by atoms with van der Waals surface area (Å²) in [4.78, 5) is 22.1. The minimum absolute atomic E-state index is 0.142. The highest BCUT2D eigenvalue weighted by molar-refractivity contribution is 7.16. The monoisotopic (exact) mass is 374 g/mol. The molecule has 0 aliphatic carbocycles. The number of hydrogen-bond acceptors (Lipinski definition) is 5. The van der Waals surface area contributed by atoms with Gasteiger partial charge in [-0.1, -0.05) is 17.7 Å². The standard InChI is InChI=1S/C16H11ClN4OS2/c17-10-3-4-14-18-11(8-21(14)7-10)6-15(22)20-16-19-12(9-24-16)13-2-1-5-23-13/h1-5,7-9H,6H2,(H,19,20,22). The topological polar surface area (TPSA) is 59.3 Å². The van der Waals surface area contributed by atoms with E-state index in [2.05, 4.69) is 15.3 Å². The summed E-state index contributed by atoms with van der Waals surface area (Å²) in [5.74, 6) is -0.142. The third-order valence-corrected chi connectivity index (χ3v) is 5.20. The van der Waals surface area contributed by atoms with Crippen LogP contribution in [0.4, 0.5) is 5.13 Å². The van der Waals surface area contributed by atoms with Gasteiger partial charge in [0, 0.05) is 17.8 Å². The normalized spacial score (nSPS) is 11.0. The Balaban J connectivity index is 1.46. The Morgan fingerprint density at radius 2 is 2.12 bits per heavy atom. The number of thiophene rings is 1. The molecule has 0 atom stereocenters. The molecule has 0 aliphatic heterocycles. The molecular weight excluding hydrogens is 364 g/mol. The molecule has 24 heavy (non-hydrogen) atoms. The highest BCUT2D eigenvalue weighted by atomic mass is 35.5. The Kier molecular flexibility index (Phi) is 4.05. The highest BCUT2D eigenvalue weighted by Gasteiger charge is 2.11. The summed E-state index contributed by atoms with van der Waals surface area (Å²) in [6.45, 7) is 0. The number of imidazole rings is 1. The lowest BCUT2D eigenvalue weighted by Crippen LogP contribution is -2.14. The zero-order valence-electron chi connectivity index (χ0n) is 12.3. The summed E-state index contributed by atoms with van der Waals surface area (Å²) in [5.41, 5.74) is 2.33. The third kappa shape index (κ3) is 3.19. The van der Waals surface area contributed by atoms with Crippen molar-refractivity contribution < 1.29 is 4.79 Å². The largest absolute Gasteiger partial charge is 0.305 e. The van der Waals surface area contributed by atoms with Gasteiger partial charge in [0.05, 0.1) is 27.7 Å². The molecule has 0 aliphatic rings. The fourth-order valence-electron chi connectivity index (χ4n) is 2.30. The summed E-state index contributed by atoms with van der Waals surface area (Å²) in [7, 11) is 0. The molecule has 0 bridgehead atoms. The fraction of sp³-hybridized carbons (Fsp3) is 0.0625. The molecule has 4 aromatic heterocycles. The number of nitrogens with one attached hydrogen (secondary N) is 1. The van der Waals surface area contributed by atoms with Gasteiger partial charge in [0.15, 0.2) is 5.13 Å². The van der Waals surface area contributed by atoms with Crippen LogP contribution in [-0.2, 0) is 11.2 Å². The maximum Gasteiger partial charge on any atom is 0.232 e. The second-order valence-corrected chi connectivity index (χ2v) is 7.33. The molecule has 5 nitrogen and oxygen atoms in total. The van der Waals surface area contributed by atoms with Crippen molar-refractivity contribution in [1.29, 1.82) is 0 Å². The first-order valence-corrected chi connectivity index (χ1v) is 9.23. The number of pyridine rings is 1. The minimum atomic E-state index is -0.142. The number of thiazole rings is 1. The lowest BCUT2D eigenvalue weighted by molar-refractivity contribution is -0.115. The molecule has 0 radical (unpaired) electrons. The average Bonchev–Trinajstić information content (AvgIpc) is 3.25. The number of aromatic nitrogens is 3. The molecule has 120 valence electrons. The Morgan fingerprint density at radius 3 is 2.96 bits per heavy atom. The van der Waals surface area contributed by atoms with Gasteiger partial charge >= 0.3 is 0 Å². The van der Waals surface area contributed by atoms with Crippen LogP contribution in [-0.4, -0.2) is 20.3 Å². The smallest absolute Gasteiger partial charge is 0.232 e. The van der Waals surface area contributed by atoms with E-state index in [0.717, 1.165) is 16.2 Å². The molecular formula is C16H11ClN4OS2. The molecule has 0 fully saturated rings. The van der Waals surface area contributed by atoms with E-state index in [0.29, 0.717) is 15.8 Å². The Hall–Kier alpha value is -2.22. The SMILES string of the molecule is O=C(Cc1cn2cc(Cl)ccc2n1)Nc1nc(-c2cccs2)cs1. The second kappa shape index (κ2) is 6.35. The number of halogens is 1. The number of nitrogens with zero attached hydrogens (tertiary/aromatic N) is 3. The van der Waals surface area contributed by atoms with Crippen molar-refractivity contribution in [3.8, 4) is 10.6 Å². The van der Waals surface area contributed by atoms with Crippen molar-refractivity contribution in [2.75, 3.05) is 5.32 Å². The fourth-order valence-corrected chi connectivity index (χ4v) is 3.95. The second-order valence-electron chi connectivity index (χ2n) is 5.09. The van der Waals surface area contributed by atoms with Crippen LogP contribution in [0.25, 0.3) is 16.2 Å². The van der Waals surface area contributed by atoms with Crippen LogP contribution in [0.15, 0.2) is 47.4 Å². The van der Waals surface area contributed by atoms with Gasteiger partial charge in [-0.2, -0.15) is 0 Å². The molecule has 4 aromatic rings. The molecule has 0 unspecified atom stereocenters. The van der Waals surface area contributed by atoms with E-state index in [1.807, 2.05) is 33.4 Å². The van der Waals surface area contributed by atoms with E-state index in [4.69, 9.17) is 11.6 Å². The van der Waals surface area contributed by atoms with Crippen molar-refractivity contribution in [3.63, 3.8) is 0 Å². The number of hydrogen-bond donors (Lipinski definition) is 1. The summed E-state index contributed by atoms with van der Waals surface area (Å²) in [6, 6.07) is 7.58. The predicted octanol–water partition coefficient (Wildman–Crippen LogP) is 4.35. The number of anilines is 1. The van der Waals surface area contributed by atoms with Crippen LogP contribution in [0.5, 0.6) is 0 Å². The van der Waals surface area contributed by atoms with E-state index in [9.17, 15) is 4.79 Å². The van der Waals surface area contributed by atoms with Crippen molar-refractivity contribution in [2.24, 2.45) is 0 Å². The lowest BCUT2D eigenvalue weighted by Gasteiger charge is -1.98. The Bertz CT molecular complexity index is 1010. The molecule has 0 spiro atoms. The first-order chi connectivity index (χ1) is 11.7. The quantitative estimate of drug-likeness (QED) is 0.577. The van der Waals surface area contributed by atoms with Gasteiger partial charge in [-0.3, -0.25) is 4.79 Å². The van der Waals surface area contributed by atoms with Crippen molar-refractivity contribution in [1.82, 2.24) is 14.4 Å². The van der Waals surface area contributed by atoms with E-state index in [1.165, 1.54) is 11.3 Å². The molecule has 0 saturated heterocycles. The van der Waals surface area contributed by atoms with Gasteiger partial charge in [-0.05, 0) is 23.6 Å². The van der Waals surface area contributed by atoms with Gasteiger partial charge in [0.1, 0.15) is 5.65 Å². The molecule has 8 heteroatoms. The van der Waals surface area contributed by atoms with Crippen LogP contribution in [0.1, 0.15) is 5.69 Å².